The summed E-state index contributed by atoms with van der Waals surface area (Å²) in [6.07, 6.45) is 4.58. The summed E-state index contributed by atoms with van der Waals surface area (Å²) < 4.78 is 12.0. The van der Waals surface area contributed by atoms with Gasteiger partial charge in [-0.15, -0.1) is 0 Å². The van der Waals surface area contributed by atoms with Crippen LogP contribution in [0.3, 0.4) is 0 Å². The predicted octanol–water partition coefficient (Wildman–Crippen LogP) is 3.58. The first kappa shape index (κ1) is 32.6. The summed E-state index contributed by atoms with van der Waals surface area (Å²) >= 11 is 0. The standard InChI is InChI=1S/C34H45N5O6/c1-20(2)28-30(41)36-22(4)31(42)39-16-7-8-26(38-39)29(40)35-21(3)25-12-11-24-10-9-23(18-27(24)37-25)13-14-34(32(43)45-28)15-17-44-33(5,6)19-34/h9-14,18,20-22,26,28,38H,7-8,15-17,19H2,1-6H3,(H,35,40)(H,36,41)/b14-13+/t21-,22+,26?,28+,34+/m1/s1. The quantitative estimate of drug-likeness (QED) is 0.412. The van der Waals surface area contributed by atoms with E-state index < -0.39 is 41.1 Å². The number of carbonyl (C=O) groups is 4. The lowest BCUT2D eigenvalue weighted by atomic mass is 9.73. The van der Waals surface area contributed by atoms with Crippen LogP contribution in [0.15, 0.2) is 36.4 Å². The molecule has 2 saturated heterocycles. The number of hydrogen-bond donors (Lipinski definition) is 3. The molecule has 0 saturated carbocycles. The van der Waals surface area contributed by atoms with Gasteiger partial charge in [-0.3, -0.25) is 29.2 Å². The van der Waals surface area contributed by atoms with Crippen LogP contribution in [0, 0.1) is 11.3 Å². The van der Waals surface area contributed by atoms with Crippen molar-refractivity contribution in [1.82, 2.24) is 26.1 Å². The molecule has 4 heterocycles. The first-order chi connectivity index (χ1) is 21.3. The minimum Gasteiger partial charge on any atom is -0.451 e. The van der Waals surface area contributed by atoms with Gasteiger partial charge in [0.05, 0.1) is 28.3 Å². The number of rotatable bonds is 1. The smallest absolute Gasteiger partial charge is 0.316 e. The number of carbonyl (C=O) groups excluding carboxylic acids is 4. The van der Waals surface area contributed by atoms with Crippen LogP contribution in [0.5, 0.6) is 0 Å². The van der Waals surface area contributed by atoms with Crippen molar-refractivity contribution in [2.24, 2.45) is 11.3 Å². The highest BCUT2D eigenvalue weighted by molar-refractivity contribution is 5.92. The number of fused-ring (bicyclic) bond motifs is 4. The maximum atomic E-state index is 14.1. The second kappa shape index (κ2) is 12.9. The zero-order valence-corrected chi connectivity index (χ0v) is 27.0. The van der Waals surface area contributed by atoms with E-state index in [1.807, 2.05) is 63.3 Å². The number of nitrogens with one attached hydrogen (secondary N) is 3. The largest absolute Gasteiger partial charge is 0.451 e. The van der Waals surface area contributed by atoms with Gasteiger partial charge < -0.3 is 20.1 Å². The summed E-state index contributed by atoms with van der Waals surface area (Å²) in [5.74, 6) is -2.03. The van der Waals surface area contributed by atoms with Crippen LogP contribution >= 0.6 is 0 Å². The lowest BCUT2D eigenvalue weighted by Crippen LogP contribution is -2.61. The van der Waals surface area contributed by atoms with Gasteiger partial charge >= 0.3 is 5.97 Å². The molecule has 2 fully saturated rings. The topological polar surface area (TPSA) is 139 Å². The number of hydrazine groups is 1. The van der Waals surface area contributed by atoms with Crippen LogP contribution in [0.2, 0.25) is 0 Å². The SMILES string of the molecule is CC(C)[C@@H]1OC(=O)[C@@]2(/C=C/c3ccc4ccc(nc4c3)[C@@H](C)NC(=O)C3CCCN(N3)C(=O)[C@H](C)NC1=O)CCOC(C)(C)C2. The van der Waals surface area contributed by atoms with E-state index in [1.165, 1.54) is 5.01 Å². The van der Waals surface area contributed by atoms with Crippen LogP contribution in [-0.4, -0.2) is 70.6 Å². The molecule has 3 aliphatic heterocycles. The minimum atomic E-state index is -1.12. The Bertz CT molecular complexity index is 1510. The molecule has 1 aromatic carbocycles. The fourth-order valence-electron chi connectivity index (χ4n) is 6.38. The molecule has 1 unspecified atom stereocenters. The summed E-state index contributed by atoms with van der Waals surface area (Å²) in [6.45, 7) is 11.7. The van der Waals surface area contributed by atoms with Gasteiger partial charge in [0.1, 0.15) is 12.1 Å². The highest BCUT2D eigenvalue weighted by Crippen LogP contribution is 2.42. The molecule has 3 amide bonds. The van der Waals surface area contributed by atoms with Crippen molar-refractivity contribution in [3.63, 3.8) is 0 Å². The fourth-order valence-corrected chi connectivity index (χ4v) is 6.38. The molecule has 2 aromatic rings. The van der Waals surface area contributed by atoms with Crippen LogP contribution in [-0.2, 0) is 28.7 Å². The molecular weight excluding hydrogens is 574 g/mol. The summed E-state index contributed by atoms with van der Waals surface area (Å²) in [5.41, 5.74) is 3.72. The molecule has 242 valence electrons. The van der Waals surface area contributed by atoms with E-state index in [2.05, 4.69) is 16.1 Å². The number of benzene rings is 1. The molecule has 11 nitrogen and oxygen atoms in total. The average molecular weight is 620 g/mol. The van der Waals surface area contributed by atoms with E-state index in [0.717, 1.165) is 16.5 Å². The Labute approximate surface area is 264 Å². The second-order valence-electron chi connectivity index (χ2n) is 13.6. The molecule has 45 heavy (non-hydrogen) atoms. The molecule has 1 spiro atoms. The van der Waals surface area contributed by atoms with Gasteiger partial charge in [-0.1, -0.05) is 44.2 Å². The monoisotopic (exact) mass is 619 g/mol. The van der Waals surface area contributed by atoms with Crippen molar-refractivity contribution in [3.8, 4) is 0 Å². The second-order valence-corrected chi connectivity index (χ2v) is 13.6. The van der Waals surface area contributed by atoms with Crippen molar-refractivity contribution < 1.29 is 28.7 Å². The van der Waals surface area contributed by atoms with Crippen molar-refractivity contribution in [2.75, 3.05) is 13.2 Å². The third kappa shape index (κ3) is 7.20. The van der Waals surface area contributed by atoms with Gasteiger partial charge in [-0.05, 0) is 77.0 Å². The molecular formula is C34H45N5O6. The first-order valence-electron chi connectivity index (χ1n) is 15.9. The van der Waals surface area contributed by atoms with Gasteiger partial charge in [0, 0.05) is 18.5 Å². The molecule has 3 N–H and O–H groups in total. The van der Waals surface area contributed by atoms with Crippen molar-refractivity contribution >= 4 is 40.7 Å². The third-order valence-electron chi connectivity index (χ3n) is 8.92. The van der Waals surface area contributed by atoms with Gasteiger partial charge in [0.15, 0.2) is 6.10 Å². The number of amides is 3. The van der Waals surface area contributed by atoms with Crippen molar-refractivity contribution in [3.05, 3.63) is 47.7 Å². The molecule has 0 aliphatic carbocycles. The molecule has 3 aliphatic rings. The summed E-state index contributed by atoms with van der Waals surface area (Å²) in [5, 5.41) is 8.12. The Morgan fingerprint density at radius 1 is 1.00 bits per heavy atom. The Morgan fingerprint density at radius 2 is 1.73 bits per heavy atom. The predicted molar refractivity (Wildman–Crippen MR) is 169 cm³/mol. The minimum absolute atomic E-state index is 0.238. The van der Waals surface area contributed by atoms with Crippen LogP contribution in [0.1, 0.15) is 84.5 Å². The molecule has 1 aromatic heterocycles. The van der Waals surface area contributed by atoms with Crippen LogP contribution in [0.25, 0.3) is 17.0 Å². The van der Waals surface area contributed by atoms with Gasteiger partial charge in [0.25, 0.3) is 11.8 Å². The fraction of sp³-hybridized carbons (Fsp3) is 0.559. The number of cyclic esters (lactones) is 1. The molecule has 5 atom stereocenters. The average Bonchev–Trinajstić information content (AvgIpc) is 3.00. The summed E-state index contributed by atoms with van der Waals surface area (Å²) in [4.78, 5) is 59.1. The first-order valence-corrected chi connectivity index (χ1v) is 15.9. The zero-order chi connectivity index (χ0) is 32.5. The highest BCUT2D eigenvalue weighted by atomic mass is 16.6. The lowest BCUT2D eigenvalue weighted by molar-refractivity contribution is -0.177. The summed E-state index contributed by atoms with van der Waals surface area (Å²) in [6, 6.07) is 7.84. The highest BCUT2D eigenvalue weighted by Gasteiger charge is 2.47. The number of hydrogen-bond acceptors (Lipinski definition) is 8. The Balaban J connectivity index is 1.55. The molecule has 0 radical (unpaired) electrons. The Kier molecular flexibility index (Phi) is 9.32. The van der Waals surface area contributed by atoms with Gasteiger partial charge in [-0.25, -0.2) is 5.43 Å². The number of esters is 1. The summed E-state index contributed by atoms with van der Waals surface area (Å²) in [7, 11) is 0. The zero-order valence-electron chi connectivity index (χ0n) is 27.0. The molecule has 11 heteroatoms. The van der Waals surface area contributed by atoms with Crippen molar-refractivity contribution in [2.45, 2.75) is 97.1 Å². The van der Waals surface area contributed by atoms with E-state index in [-0.39, 0.29) is 23.8 Å². The molecule has 5 rings (SSSR count). The Hall–Kier alpha value is -3.83. The third-order valence-corrected chi connectivity index (χ3v) is 8.92. The van der Waals surface area contributed by atoms with Crippen LogP contribution < -0.4 is 16.1 Å². The number of pyridine rings is 1. The van der Waals surface area contributed by atoms with E-state index in [4.69, 9.17) is 14.5 Å². The number of aromatic nitrogens is 1. The maximum Gasteiger partial charge on any atom is 0.316 e. The van der Waals surface area contributed by atoms with E-state index >= 15 is 0 Å². The van der Waals surface area contributed by atoms with E-state index in [1.54, 1.807) is 20.8 Å². The van der Waals surface area contributed by atoms with Crippen LogP contribution in [0.4, 0.5) is 0 Å². The number of ether oxygens (including phenoxy) is 2. The Morgan fingerprint density at radius 3 is 2.47 bits per heavy atom. The number of nitrogens with zero attached hydrogens (tertiary/aromatic N) is 2. The van der Waals surface area contributed by atoms with E-state index in [0.29, 0.717) is 44.5 Å². The van der Waals surface area contributed by atoms with Gasteiger partial charge in [0.2, 0.25) is 5.91 Å². The van der Waals surface area contributed by atoms with Crippen molar-refractivity contribution in [1.29, 1.82) is 0 Å². The van der Waals surface area contributed by atoms with Gasteiger partial charge in [-0.2, -0.15) is 0 Å². The molecule has 5 bridgehead atoms. The lowest BCUT2D eigenvalue weighted by Gasteiger charge is -2.42. The van der Waals surface area contributed by atoms with E-state index in [9.17, 15) is 19.2 Å². The maximum absolute atomic E-state index is 14.1. The normalized spacial score (nSPS) is 30.6.